The lowest BCUT2D eigenvalue weighted by molar-refractivity contribution is 0.179. The minimum Gasteiger partial charge on any atom is -0.494 e. The maximum atomic E-state index is 6.02. The van der Waals surface area contributed by atoms with Crippen molar-refractivity contribution in [1.82, 2.24) is 5.32 Å². The fraction of sp³-hybridized carbons (Fsp3) is 0.533. The molecule has 0 aliphatic rings. The number of guanidine groups is 1. The molecule has 0 aliphatic heterocycles. The first-order chi connectivity index (χ1) is 10.1. The summed E-state index contributed by atoms with van der Waals surface area (Å²) in [6.07, 6.45) is 0.719. The third-order valence-corrected chi connectivity index (χ3v) is 3.03. The van der Waals surface area contributed by atoms with E-state index < -0.39 is 0 Å². The summed E-state index contributed by atoms with van der Waals surface area (Å²) in [6, 6.07) is 5.73. The molecule has 3 N–H and O–H groups in total. The second-order valence-electron chi connectivity index (χ2n) is 4.70. The van der Waals surface area contributed by atoms with Gasteiger partial charge in [0.15, 0.2) is 5.96 Å². The third kappa shape index (κ3) is 6.69. The number of benzene rings is 1. The van der Waals surface area contributed by atoms with E-state index in [0.717, 1.165) is 17.7 Å². The van der Waals surface area contributed by atoms with E-state index in [4.69, 9.17) is 26.8 Å². The number of aliphatic imine (C=N–C) groups is 1. The summed E-state index contributed by atoms with van der Waals surface area (Å²) in [5.74, 6) is 1.26. The Hall–Kier alpha value is -1.46. The molecule has 0 aliphatic carbocycles. The summed E-state index contributed by atoms with van der Waals surface area (Å²) in [7, 11) is 1.65. The van der Waals surface area contributed by atoms with E-state index in [1.165, 1.54) is 0 Å². The van der Waals surface area contributed by atoms with Gasteiger partial charge in [-0.05, 0) is 44.0 Å². The lowest BCUT2D eigenvalue weighted by Crippen LogP contribution is -2.40. The van der Waals surface area contributed by atoms with Gasteiger partial charge in [-0.3, -0.25) is 4.99 Å². The average molecular weight is 314 g/mol. The molecule has 6 heteroatoms. The molecule has 0 heterocycles. The van der Waals surface area contributed by atoms with Gasteiger partial charge < -0.3 is 20.5 Å². The first-order valence-corrected chi connectivity index (χ1v) is 7.41. The van der Waals surface area contributed by atoms with Crippen molar-refractivity contribution < 1.29 is 9.47 Å². The molecular formula is C15H24ClN3O2. The lowest BCUT2D eigenvalue weighted by atomic mass is 10.1. The summed E-state index contributed by atoms with van der Waals surface area (Å²) in [5.41, 5.74) is 6.85. The van der Waals surface area contributed by atoms with Crippen LogP contribution in [0.4, 0.5) is 0 Å². The molecule has 0 saturated heterocycles. The molecule has 1 aromatic rings. The number of hydrogen-bond acceptors (Lipinski definition) is 3. The molecule has 0 aromatic heterocycles. The molecule has 0 fully saturated rings. The molecule has 1 unspecified atom stereocenters. The zero-order chi connectivity index (χ0) is 15.7. The van der Waals surface area contributed by atoms with Crippen LogP contribution in [0.25, 0.3) is 0 Å². The number of rotatable bonds is 8. The molecule has 1 atom stereocenters. The monoisotopic (exact) mass is 313 g/mol. The Kier molecular flexibility index (Phi) is 7.93. The van der Waals surface area contributed by atoms with Gasteiger partial charge in [-0.15, -0.1) is 0 Å². The van der Waals surface area contributed by atoms with Crippen LogP contribution in [-0.2, 0) is 11.2 Å². The Morgan fingerprint density at radius 1 is 1.48 bits per heavy atom. The Morgan fingerprint density at radius 3 is 2.90 bits per heavy atom. The number of nitrogens with two attached hydrogens (primary N) is 1. The van der Waals surface area contributed by atoms with Gasteiger partial charge in [-0.1, -0.05) is 11.6 Å². The molecule has 0 saturated carbocycles. The maximum Gasteiger partial charge on any atom is 0.188 e. The van der Waals surface area contributed by atoms with E-state index in [0.29, 0.717) is 30.7 Å². The Balaban J connectivity index is 2.56. The summed E-state index contributed by atoms with van der Waals surface area (Å²) in [5, 5.41) is 3.76. The number of ether oxygens (including phenoxy) is 2. The predicted molar refractivity (Wildman–Crippen MR) is 87.3 cm³/mol. The Labute approximate surface area is 131 Å². The van der Waals surface area contributed by atoms with Gasteiger partial charge in [0.05, 0.1) is 13.2 Å². The maximum absolute atomic E-state index is 6.02. The van der Waals surface area contributed by atoms with E-state index >= 15 is 0 Å². The standard InChI is InChI=1S/C15H24ClN3O2/c1-4-21-14-6-5-13(16)9-12(14)7-8-18-15(17)19-11(2)10-20-3/h5-6,9,11H,4,7-8,10H2,1-3H3,(H3,17,18,19). The molecular weight excluding hydrogens is 290 g/mol. The lowest BCUT2D eigenvalue weighted by Gasteiger charge is -2.13. The van der Waals surface area contributed by atoms with Gasteiger partial charge in [-0.2, -0.15) is 0 Å². The highest BCUT2D eigenvalue weighted by Crippen LogP contribution is 2.23. The minimum atomic E-state index is 0.129. The molecule has 5 nitrogen and oxygen atoms in total. The number of hydrogen-bond donors (Lipinski definition) is 2. The van der Waals surface area contributed by atoms with Crippen LogP contribution in [-0.4, -0.2) is 38.9 Å². The molecule has 0 bridgehead atoms. The van der Waals surface area contributed by atoms with Crippen molar-refractivity contribution in [2.45, 2.75) is 26.3 Å². The highest BCUT2D eigenvalue weighted by atomic mass is 35.5. The summed E-state index contributed by atoms with van der Waals surface area (Å²) in [6.45, 7) is 5.71. The predicted octanol–water partition coefficient (Wildman–Crippen LogP) is 2.22. The summed E-state index contributed by atoms with van der Waals surface area (Å²) >= 11 is 6.02. The fourth-order valence-electron chi connectivity index (χ4n) is 1.93. The molecule has 0 spiro atoms. The van der Waals surface area contributed by atoms with Crippen LogP contribution in [0.1, 0.15) is 19.4 Å². The van der Waals surface area contributed by atoms with Gasteiger partial charge in [0.1, 0.15) is 5.75 Å². The Bertz CT molecular complexity index is 466. The molecule has 0 amide bonds. The van der Waals surface area contributed by atoms with Crippen molar-refractivity contribution in [3.05, 3.63) is 28.8 Å². The number of methoxy groups -OCH3 is 1. The van der Waals surface area contributed by atoms with Gasteiger partial charge in [0, 0.05) is 24.7 Å². The number of nitrogens with zero attached hydrogens (tertiary/aromatic N) is 1. The van der Waals surface area contributed by atoms with Gasteiger partial charge in [0.25, 0.3) is 0 Å². The van der Waals surface area contributed by atoms with E-state index in [-0.39, 0.29) is 6.04 Å². The highest BCUT2D eigenvalue weighted by Gasteiger charge is 2.05. The van der Waals surface area contributed by atoms with Crippen LogP contribution < -0.4 is 15.8 Å². The van der Waals surface area contributed by atoms with Crippen molar-refractivity contribution in [3.63, 3.8) is 0 Å². The zero-order valence-corrected chi connectivity index (χ0v) is 13.6. The average Bonchev–Trinajstić information content (AvgIpc) is 2.42. The number of halogens is 1. The van der Waals surface area contributed by atoms with Crippen LogP contribution in [0, 0.1) is 0 Å². The normalized spacial score (nSPS) is 13.0. The van der Waals surface area contributed by atoms with E-state index in [1.54, 1.807) is 7.11 Å². The third-order valence-electron chi connectivity index (χ3n) is 2.80. The minimum absolute atomic E-state index is 0.129. The Morgan fingerprint density at radius 2 is 2.24 bits per heavy atom. The zero-order valence-electron chi connectivity index (χ0n) is 12.9. The summed E-state index contributed by atoms with van der Waals surface area (Å²) < 4.78 is 10.6. The van der Waals surface area contributed by atoms with E-state index in [2.05, 4.69) is 10.3 Å². The van der Waals surface area contributed by atoms with Crippen LogP contribution in [0.15, 0.2) is 23.2 Å². The van der Waals surface area contributed by atoms with Crippen molar-refractivity contribution in [2.24, 2.45) is 10.7 Å². The first kappa shape index (κ1) is 17.6. The second-order valence-corrected chi connectivity index (χ2v) is 5.14. The van der Waals surface area contributed by atoms with Gasteiger partial charge in [0.2, 0.25) is 0 Å². The summed E-state index contributed by atoms with van der Waals surface area (Å²) in [4.78, 5) is 4.30. The highest BCUT2D eigenvalue weighted by molar-refractivity contribution is 6.30. The number of nitrogens with one attached hydrogen (secondary N) is 1. The topological polar surface area (TPSA) is 68.9 Å². The van der Waals surface area contributed by atoms with E-state index in [9.17, 15) is 0 Å². The molecule has 1 aromatic carbocycles. The molecule has 0 radical (unpaired) electrons. The van der Waals surface area contributed by atoms with Crippen LogP contribution >= 0.6 is 11.6 Å². The second kappa shape index (κ2) is 9.47. The van der Waals surface area contributed by atoms with Gasteiger partial charge in [-0.25, -0.2) is 0 Å². The van der Waals surface area contributed by atoms with Crippen molar-refractivity contribution >= 4 is 17.6 Å². The molecule has 21 heavy (non-hydrogen) atoms. The van der Waals surface area contributed by atoms with Crippen molar-refractivity contribution in [2.75, 3.05) is 26.9 Å². The fourth-order valence-corrected chi connectivity index (χ4v) is 2.12. The molecule has 1 rings (SSSR count). The van der Waals surface area contributed by atoms with Crippen LogP contribution in [0.5, 0.6) is 5.75 Å². The SMILES string of the molecule is CCOc1ccc(Cl)cc1CCN=C(N)NC(C)COC. The van der Waals surface area contributed by atoms with Crippen LogP contribution in [0.3, 0.4) is 0 Å². The van der Waals surface area contributed by atoms with Crippen LogP contribution in [0.2, 0.25) is 5.02 Å². The smallest absolute Gasteiger partial charge is 0.188 e. The first-order valence-electron chi connectivity index (χ1n) is 7.03. The largest absolute Gasteiger partial charge is 0.494 e. The molecule has 118 valence electrons. The van der Waals surface area contributed by atoms with E-state index in [1.807, 2.05) is 32.0 Å². The van der Waals surface area contributed by atoms with Gasteiger partial charge >= 0.3 is 0 Å². The van der Waals surface area contributed by atoms with Crippen molar-refractivity contribution in [3.8, 4) is 5.75 Å². The van der Waals surface area contributed by atoms with Crippen molar-refractivity contribution in [1.29, 1.82) is 0 Å². The quantitative estimate of drug-likeness (QED) is 0.570.